The molecule has 1 aromatic carbocycles. The second-order valence-corrected chi connectivity index (χ2v) is 4.29. The Kier molecular flexibility index (Phi) is 3.99. The minimum atomic E-state index is -0.0556. The number of hydrogen-bond donors (Lipinski definition) is 1. The van der Waals surface area contributed by atoms with Crippen LogP contribution in [-0.4, -0.2) is 16.4 Å². The monoisotopic (exact) mass is 245 g/mol. The van der Waals surface area contributed by atoms with Crippen molar-refractivity contribution in [1.29, 1.82) is 0 Å². The zero-order valence-electron chi connectivity index (χ0n) is 10.8. The average molecular weight is 245 g/mol. The number of hydrogen-bond acceptors (Lipinski definition) is 3. The van der Waals surface area contributed by atoms with Crippen LogP contribution in [0.3, 0.4) is 0 Å². The normalized spacial score (nSPS) is 12.4. The zero-order valence-corrected chi connectivity index (χ0v) is 10.8. The first kappa shape index (κ1) is 12.6. The van der Waals surface area contributed by atoms with Crippen molar-refractivity contribution in [3.8, 4) is 5.75 Å². The fourth-order valence-electron chi connectivity index (χ4n) is 1.85. The molecule has 96 valence electrons. The highest BCUT2D eigenvalue weighted by Crippen LogP contribution is 2.17. The van der Waals surface area contributed by atoms with Crippen molar-refractivity contribution in [1.82, 2.24) is 9.78 Å². The third-order valence-corrected chi connectivity index (χ3v) is 2.78. The van der Waals surface area contributed by atoms with E-state index in [4.69, 9.17) is 10.5 Å². The molecule has 0 saturated heterocycles. The molecule has 1 unspecified atom stereocenters. The van der Waals surface area contributed by atoms with E-state index in [1.165, 1.54) is 0 Å². The summed E-state index contributed by atoms with van der Waals surface area (Å²) in [6.07, 6.45) is 1.95. The van der Waals surface area contributed by atoms with E-state index < -0.39 is 0 Å². The Morgan fingerprint density at radius 2 is 2.00 bits per heavy atom. The van der Waals surface area contributed by atoms with Gasteiger partial charge in [0.1, 0.15) is 5.75 Å². The Bertz CT molecular complexity index is 490. The maximum Gasteiger partial charge on any atom is 0.119 e. The molecule has 0 bridgehead atoms. The standard InChI is InChI=1S/C14H19N3O/c1-3-18-13-6-4-12(5-7-13)14(15)10-17-9-8-11(2)16-17/h4-9,14H,3,10,15H2,1-2H3. The third-order valence-electron chi connectivity index (χ3n) is 2.78. The summed E-state index contributed by atoms with van der Waals surface area (Å²) < 4.78 is 7.28. The van der Waals surface area contributed by atoms with Crippen molar-refractivity contribution < 1.29 is 4.74 Å². The van der Waals surface area contributed by atoms with E-state index in [0.717, 1.165) is 17.0 Å². The Morgan fingerprint density at radius 1 is 1.28 bits per heavy atom. The van der Waals surface area contributed by atoms with Gasteiger partial charge >= 0.3 is 0 Å². The first-order valence-electron chi connectivity index (χ1n) is 6.17. The van der Waals surface area contributed by atoms with E-state index in [9.17, 15) is 0 Å². The summed E-state index contributed by atoms with van der Waals surface area (Å²) in [5.41, 5.74) is 8.26. The van der Waals surface area contributed by atoms with E-state index >= 15 is 0 Å². The highest BCUT2D eigenvalue weighted by Gasteiger charge is 2.07. The van der Waals surface area contributed by atoms with Crippen LogP contribution in [-0.2, 0) is 6.54 Å². The molecule has 4 heteroatoms. The topological polar surface area (TPSA) is 53.1 Å². The number of benzene rings is 1. The number of ether oxygens (including phenoxy) is 1. The highest BCUT2D eigenvalue weighted by atomic mass is 16.5. The van der Waals surface area contributed by atoms with E-state index in [1.807, 2.05) is 55.1 Å². The molecule has 0 fully saturated rings. The van der Waals surface area contributed by atoms with Gasteiger partial charge in [-0.15, -0.1) is 0 Å². The summed E-state index contributed by atoms with van der Waals surface area (Å²) in [6.45, 7) is 5.30. The molecule has 2 N–H and O–H groups in total. The molecule has 4 nitrogen and oxygen atoms in total. The number of aryl methyl sites for hydroxylation is 1. The Morgan fingerprint density at radius 3 is 2.56 bits per heavy atom. The van der Waals surface area contributed by atoms with Crippen molar-refractivity contribution in [2.45, 2.75) is 26.4 Å². The Labute approximate surface area is 107 Å². The summed E-state index contributed by atoms with van der Waals surface area (Å²) >= 11 is 0. The van der Waals surface area contributed by atoms with E-state index in [-0.39, 0.29) is 6.04 Å². The number of nitrogens with zero attached hydrogens (tertiary/aromatic N) is 2. The molecule has 1 heterocycles. The lowest BCUT2D eigenvalue weighted by molar-refractivity contribution is 0.340. The molecule has 0 aliphatic heterocycles. The molecule has 0 saturated carbocycles. The first-order valence-corrected chi connectivity index (χ1v) is 6.17. The summed E-state index contributed by atoms with van der Waals surface area (Å²) in [4.78, 5) is 0. The molecule has 0 spiro atoms. The second kappa shape index (κ2) is 5.69. The van der Waals surface area contributed by atoms with Gasteiger partial charge in [0.15, 0.2) is 0 Å². The molecule has 1 aromatic heterocycles. The Hall–Kier alpha value is -1.81. The molecule has 1 atom stereocenters. The summed E-state index contributed by atoms with van der Waals surface area (Å²) in [7, 11) is 0. The quantitative estimate of drug-likeness (QED) is 0.879. The van der Waals surface area contributed by atoms with Gasteiger partial charge in [0.05, 0.1) is 18.8 Å². The van der Waals surface area contributed by atoms with Crippen LogP contribution in [0, 0.1) is 6.92 Å². The summed E-state index contributed by atoms with van der Waals surface area (Å²) in [5.74, 6) is 0.878. The van der Waals surface area contributed by atoms with Gasteiger partial charge in [-0.3, -0.25) is 4.68 Å². The predicted molar refractivity (Wildman–Crippen MR) is 71.5 cm³/mol. The van der Waals surface area contributed by atoms with Gasteiger partial charge in [-0.1, -0.05) is 12.1 Å². The highest BCUT2D eigenvalue weighted by molar-refractivity contribution is 5.29. The van der Waals surface area contributed by atoms with E-state index in [0.29, 0.717) is 13.2 Å². The van der Waals surface area contributed by atoms with Crippen LogP contribution < -0.4 is 10.5 Å². The molecule has 18 heavy (non-hydrogen) atoms. The fraction of sp³-hybridized carbons (Fsp3) is 0.357. The minimum absolute atomic E-state index is 0.0556. The summed E-state index contributed by atoms with van der Waals surface area (Å²) in [5, 5.41) is 4.34. The van der Waals surface area contributed by atoms with Gasteiger partial charge in [0.25, 0.3) is 0 Å². The predicted octanol–water partition coefficient (Wildman–Crippen LogP) is 2.29. The maximum atomic E-state index is 6.16. The molecular weight excluding hydrogens is 226 g/mol. The number of nitrogens with two attached hydrogens (primary N) is 1. The van der Waals surface area contributed by atoms with Crippen molar-refractivity contribution >= 4 is 0 Å². The molecule has 0 amide bonds. The lowest BCUT2D eigenvalue weighted by atomic mass is 10.1. The third kappa shape index (κ3) is 3.11. The van der Waals surface area contributed by atoms with Crippen LogP contribution in [0.4, 0.5) is 0 Å². The second-order valence-electron chi connectivity index (χ2n) is 4.29. The van der Waals surface area contributed by atoms with Gasteiger partial charge in [-0.2, -0.15) is 5.10 Å². The lowest BCUT2D eigenvalue weighted by Crippen LogP contribution is -2.18. The Balaban J connectivity index is 2.02. The molecule has 0 aliphatic carbocycles. The SMILES string of the molecule is CCOc1ccc(C(N)Cn2ccc(C)n2)cc1. The first-order chi connectivity index (χ1) is 8.69. The van der Waals surface area contributed by atoms with Crippen LogP contribution in [0.1, 0.15) is 24.2 Å². The maximum absolute atomic E-state index is 6.16. The molecule has 0 radical (unpaired) electrons. The molecule has 2 aromatic rings. The van der Waals surface area contributed by atoms with Gasteiger partial charge in [0, 0.05) is 12.2 Å². The summed E-state index contributed by atoms with van der Waals surface area (Å²) in [6, 6.07) is 9.84. The van der Waals surface area contributed by atoms with Crippen LogP contribution in [0.25, 0.3) is 0 Å². The van der Waals surface area contributed by atoms with Crippen LogP contribution in [0.2, 0.25) is 0 Å². The average Bonchev–Trinajstić information content (AvgIpc) is 2.76. The van der Waals surface area contributed by atoms with Crippen molar-refractivity contribution in [2.75, 3.05) is 6.61 Å². The molecular formula is C14H19N3O. The number of aromatic nitrogens is 2. The fourth-order valence-corrected chi connectivity index (χ4v) is 1.85. The van der Waals surface area contributed by atoms with Crippen LogP contribution in [0.5, 0.6) is 5.75 Å². The van der Waals surface area contributed by atoms with Gasteiger partial charge in [-0.25, -0.2) is 0 Å². The van der Waals surface area contributed by atoms with Crippen LogP contribution >= 0.6 is 0 Å². The molecule has 0 aliphatic rings. The zero-order chi connectivity index (χ0) is 13.0. The van der Waals surface area contributed by atoms with Crippen molar-refractivity contribution in [2.24, 2.45) is 5.73 Å². The van der Waals surface area contributed by atoms with E-state index in [1.54, 1.807) is 0 Å². The minimum Gasteiger partial charge on any atom is -0.494 e. The van der Waals surface area contributed by atoms with E-state index in [2.05, 4.69) is 5.10 Å². The van der Waals surface area contributed by atoms with Gasteiger partial charge in [-0.05, 0) is 37.6 Å². The van der Waals surface area contributed by atoms with Gasteiger partial charge in [0.2, 0.25) is 0 Å². The smallest absolute Gasteiger partial charge is 0.119 e. The lowest BCUT2D eigenvalue weighted by Gasteiger charge is -2.13. The van der Waals surface area contributed by atoms with Gasteiger partial charge < -0.3 is 10.5 Å². The molecule has 2 rings (SSSR count). The number of rotatable bonds is 5. The van der Waals surface area contributed by atoms with Crippen LogP contribution in [0.15, 0.2) is 36.5 Å². The van der Waals surface area contributed by atoms with Crippen molar-refractivity contribution in [3.05, 3.63) is 47.8 Å². The largest absolute Gasteiger partial charge is 0.494 e. The van der Waals surface area contributed by atoms with Crippen molar-refractivity contribution in [3.63, 3.8) is 0 Å².